The lowest BCUT2D eigenvalue weighted by Gasteiger charge is -2.09. The van der Waals surface area contributed by atoms with Crippen molar-refractivity contribution in [2.24, 2.45) is 5.84 Å². The Morgan fingerprint density at radius 1 is 1.11 bits per heavy atom. The number of hydrogen-bond donors (Lipinski definition) is 2. The minimum Gasteiger partial charge on any atom is -0.313 e. The van der Waals surface area contributed by atoms with Crippen LogP contribution in [-0.2, 0) is 6.18 Å². The van der Waals surface area contributed by atoms with E-state index in [2.05, 4.69) is 0 Å². The summed E-state index contributed by atoms with van der Waals surface area (Å²) in [6.07, 6.45) is -4.94. The van der Waals surface area contributed by atoms with Gasteiger partial charge >= 0.3 is 17.6 Å². The quantitative estimate of drug-likeness (QED) is 0.488. The number of hydrazine groups is 1. The van der Waals surface area contributed by atoms with Crippen LogP contribution in [0.3, 0.4) is 0 Å². The van der Waals surface area contributed by atoms with Crippen LogP contribution in [0.4, 0.5) is 30.2 Å². The monoisotopic (exact) mass is 266 g/mol. The first-order valence-corrected chi connectivity index (χ1v) is 4.19. The van der Waals surface area contributed by atoms with E-state index in [1.165, 1.54) is 0 Å². The summed E-state index contributed by atoms with van der Waals surface area (Å²) in [7, 11) is 0. The summed E-state index contributed by atoms with van der Waals surface area (Å²) in [5.74, 6) is 4.85. The van der Waals surface area contributed by atoms with Crippen LogP contribution in [0.2, 0.25) is 0 Å². The molecule has 0 aliphatic heterocycles. The Kier molecular flexibility index (Phi) is 3.37. The van der Waals surface area contributed by atoms with Gasteiger partial charge in [0, 0.05) is 12.1 Å². The van der Waals surface area contributed by atoms with Crippen molar-refractivity contribution in [1.29, 1.82) is 0 Å². The lowest BCUT2D eigenvalue weighted by atomic mass is 10.1. The molecule has 11 heteroatoms. The predicted octanol–water partition coefficient (Wildman–Crippen LogP) is 1.81. The van der Waals surface area contributed by atoms with E-state index in [-0.39, 0.29) is 12.1 Å². The largest absolute Gasteiger partial charge is 0.416 e. The highest BCUT2D eigenvalue weighted by Crippen LogP contribution is 2.40. The Bertz CT molecular complexity index is 481. The predicted molar refractivity (Wildman–Crippen MR) is 52.6 cm³/mol. The van der Waals surface area contributed by atoms with Gasteiger partial charge in [0.15, 0.2) is 0 Å². The fourth-order valence-electron chi connectivity index (χ4n) is 1.21. The summed E-state index contributed by atoms with van der Waals surface area (Å²) < 4.78 is 37.2. The van der Waals surface area contributed by atoms with E-state index in [1.54, 1.807) is 5.43 Å². The SMILES string of the molecule is NNc1c([N+](=O)[O-])cc(C(F)(F)F)cc1[N+](=O)[O-]. The number of nitrogen functional groups attached to an aromatic ring is 1. The van der Waals surface area contributed by atoms with Gasteiger partial charge in [0.05, 0.1) is 15.4 Å². The minimum atomic E-state index is -4.94. The standard InChI is InChI=1S/C7H5F3N4O4/c8-7(9,10)3-1-4(13(15)16)6(12-11)5(2-3)14(17)18/h1-2,12H,11H2. The van der Waals surface area contributed by atoms with Crippen molar-refractivity contribution in [3.8, 4) is 0 Å². The minimum absolute atomic E-state index is 0.169. The van der Waals surface area contributed by atoms with Crippen molar-refractivity contribution in [2.75, 3.05) is 5.43 Å². The molecule has 1 aromatic carbocycles. The number of alkyl halides is 3. The van der Waals surface area contributed by atoms with Gasteiger partial charge in [-0.2, -0.15) is 13.2 Å². The van der Waals surface area contributed by atoms with Crippen molar-refractivity contribution in [3.63, 3.8) is 0 Å². The molecule has 0 fully saturated rings. The second kappa shape index (κ2) is 4.44. The third-order valence-corrected chi connectivity index (χ3v) is 1.96. The molecule has 0 amide bonds. The van der Waals surface area contributed by atoms with E-state index in [4.69, 9.17) is 5.84 Å². The van der Waals surface area contributed by atoms with Gasteiger partial charge in [-0.3, -0.25) is 26.1 Å². The zero-order chi connectivity index (χ0) is 14.1. The number of anilines is 1. The Morgan fingerprint density at radius 2 is 1.50 bits per heavy atom. The number of nitro groups is 2. The van der Waals surface area contributed by atoms with Crippen LogP contribution in [-0.4, -0.2) is 9.85 Å². The fourth-order valence-corrected chi connectivity index (χ4v) is 1.21. The van der Waals surface area contributed by atoms with E-state index in [0.29, 0.717) is 0 Å². The highest BCUT2D eigenvalue weighted by molar-refractivity contribution is 5.74. The number of nitro benzene ring substituents is 2. The van der Waals surface area contributed by atoms with Gasteiger partial charge in [-0.15, -0.1) is 0 Å². The molecule has 0 unspecified atom stereocenters. The number of hydrogen-bond acceptors (Lipinski definition) is 6. The van der Waals surface area contributed by atoms with Crippen molar-refractivity contribution in [1.82, 2.24) is 0 Å². The number of benzene rings is 1. The molecule has 0 atom stereocenters. The summed E-state index contributed by atoms with van der Waals surface area (Å²) in [6, 6.07) is 0.338. The van der Waals surface area contributed by atoms with Crippen LogP contribution in [0.1, 0.15) is 5.56 Å². The molecule has 0 radical (unpaired) electrons. The van der Waals surface area contributed by atoms with Crippen LogP contribution in [0.15, 0.2) is 12.1 Å². The van der Waals surface area contributed by atoms with Crippen molar-refractivity contribution < 1.29 is 23.0 Å². The van der Waals surface area contributed by atoms with Gasteiger partial charge in [-0.05, 0) is 0 Å². The molecule has 1 rings (SSSR count). The zero-order valence-electron chi connectivity index (χ0n) is 8.39. The smallest absolute Gasteiger partial charge is 0.313 e. The van der Waals surface area contributed by atoms with Crippen molar-refractivity contribution in [3.05, 3.63) is 37.9 Å². The molecule has 1 aromatic rings. The Labute approximate surface area is 96.5 Å². The fraction of sp³-hybridized carbons (Fsp3) is 0.143. The first-order chi connectivity index (χ1) is 8.18. The van der Waals surface area contributed by atoms with Crippen LogP contribution in [0, 0.1) is 20.2 Å². The van der Waals surface area contributed by atoms with Gasteiger partial charge in [0.1, 0.15) is 0 Å². The first kappa shape index (κ1) is 13.6. The summed E-state index contributed by atoms with van der Waals surface area (Å²) in [5, 5.41) is 21.1. The maximum atomic E-state index is 12.4. The Hall–Kier alpha value is -2.43. The second-order valence-electron chi connectivity index (χ2n) is 3.05. The van der Waals surface area contributed by atoms with Gasteiger partial charge in [0.2, 0.25) is 5.69 Å². The molecular formula is C7H5F3N4O4. The summed E-state index contributed by atoms with van der Waals surface area (Å²) >= 11 is 0. The zero-order valence-corrected chi connectivity index (χ0v) is 8.39. The second-order valence-corrected chi connectivity index (χ2v) is 3.05. The molecule has 3 N–H and O–H groups in total. The molecule has 8 nitrogen and oxygen atoms in total. The lowest BCUT2D eigenvalue weighted by Crippen LogP contribution is -2.14. The summed E-state index contributed by atoms with van der Waals surface area (Å²) in [6.45, 7) is 0. The highest BCUT2D eigenvalue weighted by Gasteiger charge is 2.37. The van der Waals surface area contributed by atoms with Gasteiger partial charge < -0.3 is 5.43 Å². The maximum absolute atomic E-state index is 12.4. The molecule has 18 heavy (non-hydrogen) atoms. The third kappa shape index (κ3) is 2.45. The van der Waals surface area contributed by atoms with E-state index < -0.39 is 38.6 Å². The molecule has 0 heterocycles. The number of nitrogens with one attached hydrogen (secondary N) is 1. The van der Waals surface area contributed by atoms with Crippen molar-refractivity contribution >= 4 is 17.1 Å². The van der Waals surface area contributed by atoms with E-state index in [1.807, 2.05) is 0 Å². The van der Waals surface area contributed by atoms with Gasteiger partial charge in [-0.1, -0.05) is 0 Å². The Balaban J connectivity index is 3.65. The summed E-state index contributed by atoms with van der Waals surface area (Å²) in [4.78, 5) is 18.7. The number of nitrogens with two attached hydrogens (primary N) is 1. The molecule has 0 bridgehead atoms. The molecule has 0 aliphatic rings. The van der Waals surface area contributed by atoms with Crippen LogP contribution >= 0.6 is 0 Å². The van der Waals surface area contributed by atoms with E-state index >= 15 is 0 Å². The van der Waals surface area contributed by atoms with Gasteiger partial charge in [0.25, 0.3) is 0 Å². The first-order valence-electron chi connectivity index (χ1n) is 4.19. The average molecular weight is 266 g/mol. The molecule has 0 aromatic heterocycles. The highest BCUT2D eigenvalue weighted by atomic mass is 19.4. The number of halogens is 3. The lowest BCUT2D eigenvalue weighted by molar-refractivity contribution is -0.392. The third-order valence-electron chi connectivity index (χ3n) is 1.96. The molecule has 0 aliphatic carbocycles. The number of rotatable bonds is 3. The van der Waals surface area contributed by atoms with E-state index in [0.717, 1.165) is 0 Å². The molecule has 98 valence electrons. The molecule has 0 spiro atoms. The van der Waals surface area contributed by atoms with Crippen LogP contribution in [0.5, 0.6) is 0 Å². The molecule has 0 saturated carbocycles. The summed E-state index contributed by atoms with van der Waals surface area (Å²) in [5.41, 5.74) is -2.89. The topological polar surface area (TPSA) is 124 Å². The van der Waals surface area contributed by atoms with Crippen LogP contribution < -0.4 is 11.3 Å². The van der Waals surface area contributed by atoms with E-state index in [9.17, 15) is 33.4 Å². The average Bonchev–Trinajstić information content (AvgIpc) is 2.25. The molecule has 0 saturated heterocycles. The molecular weight excluding hydrogens is 261 g/mol. The Morgan fingerprint density at radius 3 is 1.72 bits per heavy atom. The van der Waals surface area contributed by atoms with Crippen LogP contribution in [0.25, 0.3) is 0 Å². The van der Waals surface area contributed by atoms with Crippen molar-refractivity contribution in [2.45, 2.75) is 6.18 Å². The maximum Gasteiger partial charge on any atom is 0.416 e. The normalized spacial score (nSPS) is 11.1. The van der Waals surface area contributed by atoms with Gasteiger partial charge in [-0.25, -0.2) is 0 Å². The number of nitrogens with zero attached hydrogens (tertiary/aromatic N) is 2.